The van der Waals surface area contributed by atoms with Gasteiger partial charge < -0.3 is 20.4 Å². The Kier molecular flexibility index (Phi) is 6.32. The highest BCUT2D eigenvalue weighted by Crippen LogP contribution is 2.19. The Hall–Kier alpha value is -2.57. The van der Waals surface area contributed by atoms with Gasteiger partial charge in [0.1, 0.15) is 0 Å². The molecule has 7 heteroatoms. The van der Waals surface area contributed by atoms with Gasteiger partial charge in [-0.1, -0.05) is 23.7 Å². The summed E-state index contributed by atoms with van der Waals surface area (Å²) in [6, 6.07) is 14.5. The third-order valence-electron chi connectivity index (χ3n) is 4.55. The van der Waals surface area contributed by atoms with Crippen LogP contribution in [0.15, 0.2) is 48.5 Å². The predicted octanol–water partition coefficient (Wildman–Crippen LogP) is 2.46. The maximum atomic E-state index is 12.1. The van der Waals surface area contributed by atoms with Crippen molar-refractivity contribution in [2.45, 2.75) is 0 Å². The number of carbonyl (C=O) groups excluding carboxylic acids is 2. The van der Waals surface area contributed by atoms with Crippen LogP contribution in [-0.2, 0) is 4.79 Å². The van der Waals surface area contributed by atoms with E-state index >= 15 is 0 Å². The Morgan fingerprint density at radius 1 is 1.00 bits per heavy atom. The molecule has 1 fully saturated rings. The standard InChI is InChI=1S/C20H23ClN4O2/c1-24-10-12-25(13-11-24)16-8-6-15(7-9-16)23-19(26)14-22-20(27)17-4-2-3-5-18(17)21/h2-9H,10-14H2,1H3,(H,22,27)(H,23,26). The molecule has 0 atom stereocenters. The number of amides is 2. The summed E-state index contributed by atoms with van der Waals surface area (Å²) in [7, 11) is 2.13. The highest BCUT2D eigenvalue weighted by Gasteiger charge is 2.14. The average Bonchev–Trinajstić information content (AvgIpc) is 2.68. The second-order valence-corrected chi connectivity index (χ2v) is 6.96. The van der Waals surface area contributed by atoms with E-state index < -0.39 is 0 Å². The normalized spacial score (nSPS) is 14.7. The average molecular weight is 387 g/mol. The van der Waals surface area contributed by atoms with Crippen LogP contribution in [0.25, 0.3) is 0 Å². The number of hydrogen-bond donors (Lipinski definition) is 2. The minimum absolute atomic E-state index is 0.121. The van der Waals surface area contributed by atoms with Gasteiger partial charge in [-0.25, -0.2) is 0 Å². The van der Waals surface area contributed by atoms with E-state index in [0.717, 1.165) is 31.9 Å². The molecule has 27 heavy (non-hydrogen) atoms. The third-order valence-corrected chi connectivity index (χ3v) is 4.88. The van der Waals surface area contributed by atoms with E-state index in [4.69, 9.17) is 11.6 Å². The van der Waals surface area contributed by atoms with Gasteiger partial charge in [-0.15, -0.1) is 0 Å². The molecular weight excluding hydrogens is 364 g/mol. The first kappa shape index (κ1) is 19.2. The van der Waals surface area contributed by atoms with Crippen molar-refractivity contribution in [2.75, 3.05) is 50.0 Å². The van der Waals surface area contributed by atoms with Crippen LogP contribution in [0.2, 0.25) is 5.02 Å². The van der Waals surface area contributed by atoms with Crippen LogP contribution in [0.1, 0.15) is 10.4 Å². The number of hydrogen-bond acceptors (Lipinski definition) is 4. The molecule has 1 aliphatic rings. The van der Waals surface area contributed by atoms with Crippen molar-refractivity contribution in [2.24, 2.45) is 0 Å². The second kappa shape index (κ2) is 8.88. The first-order valence-corrected chi connectivity index (χ1v) is 9.27. The molecular formula is C20H23ClN4O2. The largest absolute Gasteiger partial charge is 0.369 e. The molecule has 0 unspecified atom stereocenters. The number of anilines is 2. The second-order valence-electron chi connectivity index (χ2n) is 6.55. The fourth-order valence-electron chi connectivity index (χ4n) is 2.93. The molecule has 0 spiro atoms. The minimum Gasteiger partial charge on any atom is -0.369 e. The maximum absolute atomic E-state index is 12.1. The van der Waals surface area contributed by atoms with E-state index in [9.17, 15) is 9.59 Å². The summed E-state index contributed by atoms with van der Waals surface area (Å²) in [5.41, 5.74) is 2.20. The van der Waals surface area contributed by atoms with Gasteiger partial charge in [-0.2, -0.15) is 0 Å². The molecule has 0 aliphatic carbocycles. The van der Waals surface area contributed by atoms with Crippen molar-refractivity contribution >= 4 is 34.8 Å². The van der Waals surface area contributed by atoms with Crippen molar-refractivity contribution in [1.82, 2.24) is 10.2 Å². The van der Waals surface area contributed by atoms with Gasteiger partial charge in [-0.05, 0) is 43.4 Å². The fourth-order valence-corrected chi connectivity index (χ4v) is 3.15. The summed E-state index contributed by atoms with van der Waals surface area (Å²) in [6.45, 7) is 3.96. The third kappa shape index (κ3) is 5.21. The Balaban J connectivity index is 1.49. The molecule has 1 saturated heterocycles. The first-order valence-electron chi connectivity index (χ1n) is 8.89. The fraction of sp³-hybridized carbons (Fsp3) is 0.300. The SMILES string of the molecule is CN1CCN(c2ccc(NC(=O)CNC(=O)c3ccccc3Cl)cc2)CC1. The lowest BCUT2D eigenvalue weighted by Crippen LogP contribution is -2.44. The van der Waals surface area contributed by atoms with Crippen LogP contribution in [0, 0.1) is 0 Å². The van der Waals surface area contributed by atoms with Crippen molar-refractivity contribution in [3.8, 4) is 0 Å². The Labute approximate surface area is 164 Å². The van der Waals surface area contributed by atoms with E-state index in [0.29, 0.717) is 16.3 Å². The number of nitrogens with one attached hydrogen (secondary N) is 2. The van der Waals surface area contributed by atoms with Crippen molar-refractivity contribution in [3.63, 3.8) is 0 Å². The van der Waals surface area contributed by atoms with Crippen LogP contribution in [0.3, 0.4) is 0 Å². The number of piperazine rings is 1. The number of halogens is 1. The van der Waals surface area contributed by atoms with Crippen LogP contribution < -0.4 is 15.5 Å². The Morgan fingerprint density at radius 2 is 1.67 bits per heavy atom. The quantitative estimate of drug-likeness (QED) is 0.828. The molecule has 2 aromatic rings. The van der Waals surface area contributed by atoms with E-state index in [1.165, 1.54) is 0 Å². The van der Waals surface area contributed by atoms with E-state index in [-0.39, 0.29) is 18.4 Å². The number of nitrogens with zero attached hydrogens (tertiary/aromatic N) is 2. The molecule has 142 valence electrons. The molecule has 0 radical (unpaired) electrons. The topological polar surface area (TPSA) is 64.7 Å². The van der Waals surface area contributed by atoms with Crippen molar-refractivity contribution in [1.29, 1.82) is 0 Å². The predicted molar refractivity (Wildman–Crippen MR) is 109 cm³/mol. The molecule has 0 saturated carbocycles. The van der Waals surface area contributed by atoms with Crippen LogP contribution in [0.4, 0.5) is 11.4 Å². The molecule has 0 bridgehead atoms. The Bertz CT molecular complexity index is 802. The van der Waals surface area contributed by atoms with Gasteiger partial charge in [0.25, 0.3) is 5.91 Å². The zero-order chi connectivity index (χ0) is 19.2. The molecule has 1 heterocycles. The summed E-state index contributed by atoms with van der Waals surface area (Å²) in [5, 5.41) is 5.72. The van der Waals surface area contributed by atoms with E-state index in [1.807, 2.05) is 24.3 Å². The highest BCUT2D eigenvalue weighted by atomic mass is 35.5. The summed E-state index contributed by atoms with van der Waals surface area (Å²) < 4.78 is 0. The lowest BCUT2D eigenvalue weighted by atomic mass is 10.2. The number of benzene rings is 2. The van der Waals surface area contributed by atoms with Crippen molar-refractivity contribution in [3.05, 3.63) is 59.1 Å². The monoisotopic (exact) mass is 386 g/mol. The lowest BCUT2D eigenvalue weighted by Gasteiger charge is -2.34. The maximum Gasteiger partial charge on any atom is 0.253 e. The summed E-state index contributed by atoms with van der Waals surface area (Å²) in [6.07, 6.45) is 0. The van der Waals surface area contributed by atoms with Crippen LogP contribution in [-0.4, -0.2) is 56.5 Å². The first-order chi connectivity index (χ1) is 13.0. The van der Waals surface area contributed by atoms with Gasteiger partial charge >= 0.3 is 0 Å². The van der Waals surface area contributed by atoms with Crippen LogP contribution >= 0.6 is 11.6 Å². The zero-order valence-electron chi connectivity index (χ0n) is 15.2. The molecule has 6 nitrogen and oxygen atoms in total. The molecule has 2 aromatic carbocycles. The Morgan fingerprint density at radius 3 is 2.33 bits per heavy atom. The summed E-state index contributed by atoms with van der Waals surface area (Å²) in [5.74, 6) is -0.663. The van der Waals surface area contributed by atoms with Gasteiger partial charge in [0.15, 0.2) is 0 Å². The van der Waals surface area contributed by atoms with Gasteiger partial charge in [0, 0.05) is 37.6 Å². The zero-order valence-corrected chi connectivity index (χ0v) is 16.0. The molecule has 1 aliphatic heterocycles. The van der Waals surface area contributed by atoms with Gasteiger partial charge in [-0.3, -0.25) is 9.59 Å². The molecule has 0 aromatic heterocycles. The minimum atomic E-state index is -0.374. The van der Waals surface area contributed by atoms with Gasteiger partial charge in [0.2, 0.25) is 5.91 Å². The highest BCUT2D eigenvalue weighted by molar-refractivity contribution is 6.33. The summed E-state index contributed by atoms with van der Waals surface area (Å²) in [4.78, 5) is 28.8. The number of carbonyl (C=O) groups is 2. The molecule has 2 N–H and O–H groups in total. The van der Waals surface area contributed by atoms with Crippen molar-refractivity contribution < 1.29 is 9.59 Å². The number of rotatable bonds is 5. The molecule has 2 amide bonds. The van der Waals surface area contributed by atoms with E-state index in [2.05, 4.69) is 27.5 Å². The number of likely N-dealkylation sites (N-methyl/N-ethyl adjacent to an activating group) is 1. The smallest absolute Gasteiger partial charge is 0.253 e. The lowest BCUT2D eigenvalue weighted by molar-refractivity contribution is -0.115. The van der Waals surface area contributed by atoms with Crippen LogP contribution in [0.5, 0.6) is 0 Å². The molecule has 3 rings (SSSR count). The van der Waals surface area contributed by atoms with E-state index in [1.54, 1.807) is 24.3 Å². The van der Waals surface area contributed by atoms with Gasteiger partial charge in [0.05, 0.1) is 17.1 Å². The summed E-state index contributed by atoms with van der Waals surface area (Å²) >= 11 is 5.98.